The van der Waals surface area contributed by atoms with Gasteiger partial charge in [-0.3, -0.25) is 19.4 Å². The molecule has 0 spiro atoms. The summed E-state index contributed by atoms with van der Waals surface area (Å²) in [5.41, 5.74) is 3.81. The number of aliphatic imine (C=N–C) groups is 2. The molecule has 0 atom stereocenters. The predicted molar refractivity (Wildman–Crippen MR) is 168 cm³/mol. The molecule has 0 heterocycles. The molecule has 2 N–H and O–H groups in total. The standard InChI is InChI=1S/C32H34N4O4S2/c1-25-13-17-29(18-14-25)41(37,38)35-31(33-23-21-27-9-5-3-6-10-27)32(34-24-22-28-11-7-4-8-12-28)36-42(39,40)30-19-15-26(2)16-20-30/h3-20H,21-24H2,1-2H3,(H,33,35)(H,34,36). The van der Waals surface area contributed by atoms with Crippen LogP contribution in [0, 0.1) is 13.8 Å². The molecule has 4 aromatic rings. The fourth-order valence-corrected chi connectivity index (χ4v) is 6.06. The van der Waals surface area contributed by atoms with E-state index in [1.165, 1.54) is 24.3 Å². The topological polar surface area (TPSA) is 117 Å². The first-order valence-electron chi connectivity index (χ1n) is 13.5. The minimum atomic E-state index is -4.12. The quantitative estimate of drug-likeness (QED) is 0.200. The molecule has 8 nitrogen and oxygen atoms in total. The number of rotatable bonds is 10. The molecule has 0 bridgehead atoms. The largest absolute Gasteiger partial charge is 0.264 e. The lowest BCUT2D eigenvalue weighted by molar-refractivity contribution is 0.589. The fourth-order valence-electron chi connectivity index (χ4n) is 4.00. The Balaban J connectivity index is 1.72. The lowest BCUT2D eigenvalue weighted by Gasteiger charge is -2.16. The summed E-state index contributed by atoms with van der Waals surface area (Å²) in [6, 6.07) is 31.9. The number of aryl methyl sites for hydroxylation is 2. The Hall–Kier alpha value is -4.28. The molecule has 0 aliphatic carbocycles. The maximum atomic E-state index is 13.4. The zero-order chi connectivity index (χ0) is 30.0. The maximum Gasteiger partial charge on any atom is 0.263 e. The highest BCUT2D eigenvalue weighted by Crippen LogP contribution is 2.13. The first-order valence-corrected chi connectivity index (χ1v) is 16.5. The normalized spacial score (nSPS) is 12.6. The minimum absolute atomic E-state index is 0.0221. The summed E-state index contributed by atoms with van der Waals surface area (Å²) in [5, 5.41) is 0. The summed E-state index contributed by atoms with van der Waals surface area (Å²) in [6.07, 6.45) is 1.03. The molecule has 4 aromatic carbocycles. The molecule has 0 saturated heterocycles. The number of nitrogens with zero attached hydrogens (tertiary/aromatic N) is 2. The van der Waals surface area contributed by atoms with Gasteiger partial charge in [-0.2, -0.15) is 0 Å². The monoisotopic (exact) mass is 602 g/mol. The average molecular weight is 603 g/mol. The van der Waals surface area contributed by atoms with Crippen LogP contribution in [-0.2, 0) is 32.9 Å². The fraction of sp³-hybridized carbons (Fsp3) is 0.188. The van der Waals surface area contributed by atoms with E-state index in [4.69, 9.17) is 0 Å². The summed E-state index contributed by atoms with van der Waals surface area (Å²) < 4.78 is 58.8. The molecule has 0 saturated carbocycles. The minimum Gasteiger partial charge on any atom is -0.264 e. The highest BCUT2D eigenvalue weighted by Gasteiger charge is 2.24. The van der Waals surface area contributed by atoms with Gasteiger partial charge in [0.05, 0.1) is 9.79 Å². The van der Waals surface area contributed by atoms with Crippen LogP contribution < -0.4 is 9.44 Å². The van der Waals surface area contributed by atoms with Crippen molar-refractivity contribution < 1.29 is 16.8 Å². The van der Waals surface area contributed by atoms with Gasteiger partial charge in [0.25, 0.3) is 20.0 Å². The molecule has 218 valence electrons. The van der Waals surface area contributed by atoms with Crippen LogP contribution in [0.1, 0.15) is 22.3 Å². The van der Waals surface area contributed by atoms with Crippen molar-refractivity contribution >= 4 is 31.7 Å². The highest BCUT2D eigenvalue weighted by molar-refractivity contribution is 7.91. The van der Waals surface area contributed by atoms with Crippen LogP contribution in [0.2, 0.25) is 0 Å². The van der Waals surface area contributed by atoms with Crippen LogP contribution in [0.15, 0.2) is 129 Å². The Morgan fingerprint density at radius 2 is 0.857 bits per heavy atom. The summed E-state index contributed by atoms with van der Waals surface area (Å²) in [5.74, 6) is -0.370. The predicted octanol–water partition coefficient (Wildman–Crippen LogP) is 4.84. The van der Waals surface area contributed by atoms with Gasteiger partial charge < -0.3 is 0 Å². The second kappa shape index (κ2) is 14.1. The van der Waals surface area contributed by atoms with Crippen LogP contribution in [-0.4, -0.2) is 41.6 Å². The van der Waals surface area contributed by atoms with Crippen molar-refractivity contribution in [3.8, 4) is 0 Å². The van der Waals surface area contributed by atoms with E-state index < -0.39 is 20.0 Å². The molecule has 42 heavy (non-hydrogen) atoms. The number of hydrogen-bond donors (Lipinski definition) is 2. The Morgan fingerprint density at radius 3 is 1.19 bits per heavy atom. The van der Waals surface area contributed by atoms with Crippen molar-refractivity contribution in [1.29, 1.82) is 0 Å². The van der Waals surface area contributed by atoms with Crippen molar-refractivity contribution in [2.75, 3.05) is 13.1 Å². The second-order valence-electron chi connectivity index (χ2n) is 9.77. The summed E-state index contributed by atoms with van der Waals surface area (Å²) in [4.78, 5) is 9.11. The SMILES string of the molecule is Cc1ccc(S(=O)(=O)NC(=NCCc2ccccc2)C(=NCCc2ccccc2)NS(=O)(=O)c2ccc(C)cc2)cc1. The summed E-state index contributed by atoms with van der Waals surface area (Å²) >= 11 is 0. The highest BCUT2D eigenvalue weighted by atomic mass is 32.2. The smallest absolute Gasteiger partial charge is 0.263 e. The van der Waals surface area contributed by atoms with E-state index in [2.05, 4.69) is 19.4 Å². The van der Waals surface area contributed by atoms with E-state index >= 15 is 0 Å². The average Bonchev–Trinajstić information content (AvgIpc) is 2.97. The van der Waals surface area contributed by atoms with E-state index in [9.17, 15) is 16.8 Å². The molecule has 0 aliphatic heterocycles. The number of hydrogen-bond acceptors (Lipinski definition) is 6. The van der Waals surface area contributed by atoms with Crippen LogP contribution in [0.5, 0.6) is 0 Å². The first-order chi connectivity index (χ1) is 20.1. The molecule has 0 unspecified atom stereocenters. The van der Waals surface area contributed by atoms with Gasteiger partial charge in [-0.15, -0.1) is 0 Å². The van der Waals surface area contributed by atoms with Crippen LogP contribution >= 0.6 is 0 Å². The third-order valence-electron chi connectivity index (χ3n) is 6.38. The van der Waals surface area contributed by atoms with E-state index in [-0.39, 0.29) is 34.6 Å². The summed E-state index contributed by atoms with van der Waals surface area (Å²) in [6.45, 7) is 4.11. The molecule has 0 amide bonds. The molecular formula is C32H34N4O4S2. The van der Waals surface area contributed by atoms with E-state index in [1.54, 1.807) is 24.3 Å². The molecule has 0 aromatic heterocycles. The van der Waals surface area contributed by atoms with Gasteiger partial charge in [-0.05, 0) is 62.1 Å². The van der Waals surface area contributed by atoms with Gasteiger partial charge in [0, 0.05) is 13.1 Å². The molecular weight excluding hydrogens is 569 g/mol. The number of nitrogens with one attached hydrogen (secondary N) is 2. The van der Waals surface area contributed by atoms with E-state index in [0.29, 0.717) is 12.8 Å². The van der Waals surface area contributed by atoms with Gasteiger partial charge in [0.2, 0.25) is 0 Å². The Labute approximate surface area is 248 Å². The number of sulfonamides is 2. The van der Waals surface area contributed by atoms with Gasteiger partial charge in [-0.25, -0.2) is 16.8 Å². The second-order valence-corrected chi connectivity index (χ2v) is 13.1. The lowest BCUT2D eigenvalue weighted by Crippen LogP contribution is -2.45. The Morgan fingerprint density at radius 1 is 0.524 bits per heavy atom. The Kier molecular flexibility index (Phi) is 10.3. The van der Waals surface area contributed by atoms with Crippen LogP contribution in [0.3, 0.4) is 0 Å². The third-order valence-corrected chi connectivity index (χ3v) is 9.09. The van der Waals surface area contributed by atoms with Gasteiger partial charge in [-0.1, -0.05) is 96.1 Å². The van der Waals surface area contributed by atoms with Gasteiger partial charge in [0.1, 0.15) is 0 Å². The number of benzene rings is 4. The molecule has 10 heteroatoms. The summed E-state index contributed by atoms with van der Waals surface area (Å²) in [7, 11) is -8.23. The van der Waals surface area contributed by atoms with Crippen LogP contribution in [0.25, 0.3) is 0 Å². The van der Waals surface area contributed by atoms with E-state index in [0.717, 1.165) is 22.3 Å². The zero-order valence-electron chi connectivity index (χ0n) is 23.6. The lowest BCUT2D eigenvalue weighted by atomic mass is 10.1. The van der Waals surface area contributed by atoms with Crippen molar-refractivity contribution in [3.05, 3.63) is 131 Å². The van der Waals surface area contributed by atoms with Crippen LogP contribution in [0.4, 0.5) is 0 Å². The maximum absolute atomic E-state index is 13.4. The third kappa shape index (κ3) is 8.86. The van der Waals surface area contributed by atoms with Gasteiger partial charge in [0.15, 0.2) is 11.7 Å². The van der Waals surface area contributed by atoms with E-state index in [1.807, 2.05) is 74.5 Å². The molecule has 0 radical (unpaired) electrons. The van der Waals surface area contributed by atoms with Crippen molar-refractivity contribution in [1.82, 2.24) is 9.44 Å². The molecule has 4 rings (SSSR count). The molecule has 0 fully saturated rings. The zero-order valence-corrected chi connectivity index (χ0v) is 25.2. The van der Waals surface area contributed by atoms with Crippen molar-refractivity contribution in [2.24, 2.45) is 9.98 Å². The van der Waals surface area contributed by atoms with Gasteiger partial charge >= 0.3 is 0 Å². The van der Waals surface area contributed by atoms with Crippen molar-refractivity contribution in [2.45, 2.75) is 36.5 Å². The Bertz CT molecular complexity index is 1600. The first kappa shape index (κ1) is 30.7. The van der Waals surface area contributed by atoms with Crippen molar-refractivity contribution in [3.63, 3.8) is 0 Å². The number of amidine groups is 2. The molecule has 0 aliphatic rings.